The SMILES string of the molecule is COc1ccc(/C=C/c2ccc3sc(C)c(C4=C(c5c(C)sc6ccc(/C=C/c7ccc(OC)cc7)c(C)c56)C(F)(F)C(F)(F)C4(F)F)c3c2C)cc1. The quantitative estimate of drug-likeness (QED) is 0.114. The maximum atomic E-state index is 16.4. The van der Waals surface area contributed by atoms with Crippen LogP contribution < -0.4 is 9.47 Å². The van der Waals surface area contributed by atoms with Gasteiger partial charge in [-0.05, 0) is 97.5 Å². The van der Waals surface area contributed by atoms with E-state index < -0.39 is 28.9 Å². The number of fused-ring (bicyclic) bond motifs is 2. The summed E-state index contributed by atoms with van der Waals surface area (Å²) >= 11 is 2.24. The van der Waals surface area contributed by atoms with E-state index >= 15 is 26.3 Å². The van der Waals surface area contributed by atoms with Gasteiger partial charge in [0.15, 0.2) is 0 Å². The van der Waals surface area contributed by atoms with Crippen LogP contribution >= 0.6 is 22.7 Å². The van der Waals surface area contributed by atoms with Crippen LogP contribution in [0.3, 0.4) is 0 Å². The standard InChI is InChI=1S/C43H34F6O2S2/c1-23-29(13-7-27-9-17-31(50-5)18-10-27)15-21-33-35(23)37(25(3)52-33)39-40(42(46,47)43(48,49)41(39,44)45)38-26(4)53-34-22-16-30(24(2)36(34)38)14-8-28-11-19-32(51-6)20-12-28/h7-22H,1-6H3/b13-7+,14-8+. The fourth-order valence-electron chi connectivity index (χ4n) is 7.14. The van der Waals surface area contributed by atoms with Crippen LogP contribution in [0.4, 0.5) is 26.3 Å². The van der Waals surface area contributed by atoms with Crippen molar-refractivity contribution in [2.45, 2.75) is 45.5 Å². The lowest BCUT2D eigenvalue weighted by Crippen LogP contribution is -2.49. The minimum atomic E-state index is -5.69. The molecule has 0 aliphatic heterocycles. The summed E-state index contributed by atoms with van der Waals surface area (Å²) < 4.78 is 109. The third-order valence-corrected chi connectivity index (χ3v) is 12.1. The monoisotopic (exact) mass is 760 g/mol. The fourth-order valence-corrected chi connectivity index (χ4v) is 9.39. The molecule has 0 saturated carbocycles. The molecule has 272 valence electrons. The molecule has 0 radical (unpaired) electrons. The summed E-state index contributed by atoms with van der Waals surface area (Å²) in [5, 5.41) is 0.504. The van der Waals surface area contributed by atoms with Crippen molar-refractivity contribution < 1.29 is 35.8 Å². The van der Waals surface area contributed by atoms with Gasteiger partial charge in [-0.3, -0.25) is 0 Å². The Balaban J connectivity index is 1.46. The molecule has 1 aliphatic rings. The molecular weight excluding hydrogens is 727 g/mol. The van der Waals surface area contributed by atoms with Crippen LogP contribution in [0.5, 0.6) is 11.5 Å². The summed E-state index contributed by atoms with van der Waals surface area (Å²) in [7, 11) is 3.13. The second-order valence-electron chi connectivity index (χ2n) is 13.1. The van der Waals surface area contributed by atoms with Gasteiger partial charge in [-0.15, -0.1) is 22.7 Å². The Morgan fingerprint density at radius 3 is 1.19 bits per heavy atom. The minimum absolute atomic E-state index is 0.247. The highest BCUT2D eigenvalue weighted by Gasteiger charge is 2.80. The van der Waals surface area contributed by atoms with Gasteiger partial charge in [-0.25, -0.2) is 0 Å². The second kappa shape index (κ2) is 13.2. The molecule has 2 aromatic heterocycles. The molecule has 4 aromatic carbocycles. The van der Waals surface area contributed by atoms with Crippen LogP contribution in [0.25, 0.3) is 55.6 Å². The Kier molecular flexibility index (Phi) is 9.14. The zero-order chi connectivity index (χ0) is 38.0. The molecule has 0 saturated heterocycles. The topological polar surface area (TPSA) is 18.5 Å². The molecule has 6 aromatic rings. The van der Waals surface area contributed by atoms with Gasteiger partial charge in [-0.2, -0.15) is 26.3 Å². The first kappa shape index (κ1) is 36.6. The lowest BCUT2D eigenvalue weighted by atomic mass is 9.88. The first-order chi connectivity index (χ1) is 25.1. The van der Waals surface area contributed by atoms with Gasteiger partial charge >= 0.3 is 17.8 Å². The largest absolute Gasteiger partial charge is 0.497 e. The van der Waals surface area contributed by atoms with Gasteiger partial charge in [-0.1, -0.05) is 60.7 Å². The Morgan fingerprint density at radius 2 is 0.849 bits per heavy atom. The molecule has 0 fully saturated rings. The zero-order valence-electron chi connectivity index (χ0n) is 29.6. The third kappa shape index (κ3) is 5.78. The van der Waals surface area contributed by atoms with Crippen LogP contribution in [0, 0.1) is 27.7 Å². The van der Waals surface area contributed by atoms with Crippen molar-refractivity contribution in [3.8, 4) is 11.5 Å². The normalized spacial score (nSPS) is 16.5. The molecule has 2 nitrogen and oxygen atoms in total. The van der Waals surface area contributed by atoms with Crippen LogP contribution in [0.15, 0.2) is 72.8 Å². The molecule has 7 rings (SSSR count). The fraction of sp³-hybridized carbons (Fsp3) is 0.209. The molecule has 0 atom stereocenters. The molecule has 53 heavy (non-hydrogen) atoms. The van der Waals surface area contributed by atoms with Crippen LogP contribution in [0.2, 0.25) is 0 Å². The number of aryl methyl sites for hydroxylation is 4. The Hall–Kier alpha value is -4.80. The van der Waals surface area contributed by atoms with E-state index in [4.69, 9.17) is 9.47 Å². The van der Waals surface area contributed by atoms with Crippen LogP contribution in [-0.2, 0) is 0 Å². The number of thiophene rings is 2. The molecule has 0 N–H and O–H groups in total. The van der Waals surface area contributed by atoms with E-state index in [0.29, 0.717) is 43.2 Å². The van der Waals surface area contributed by atoms with E-state index in [1.165, 1.54) is 13.8 Å². The summed E-state index contributed by atoms with van der Waals surface area (Å²) in [6, 6.07) is 21.6. The number of benzene rings is 4. The Labute approximate surface area is 311 Å². The van der Waals surface area contributed by atoms with E-state index in [-0.39, 0.29) is 31.7 Å². The molecule has 0 unspecified atom stereocenters. The van der Waals surface area contributed by atoms with Gasteiger partial charge < -0.3 is 9.47 Å². The molecule has 0 bridgehead atoms. The van der Waals surface area contributed by atoms with Gasteiger partial charge in [0, 0.05) is 52.2 Å². The van der Waals surface area contributed by atoms with Gasteiger partial charge in [0.05, 0.1) is 14.2 Å². The highest BCUT2D eigenvalue weighted by Crippen LogP contribution is 2.67. The van der Waals surface area contributed by atoms with Crippen molar-refractivity contribution >= 4 is 78.3 Å². The lowest BCUT2D eigenvalue weighted by molar-refractivity contribution is -0.254. The van der Waals surface area contributed by atoms with Crippen LogP contribution in [-0.4, -0.2) is 32.0 Å². The predicted octanol–water partition coefficient (Wildman–Crippen LogP) is 13.5. The number of allylic oxidation sites excluding steroid dienone is 2. The average molecular weight is 761 g/mol. The Morgan fingerprint density at radius 1 is 0.491 bits per heavy atom. The van der Waals surface area contributed by atoms with Crippen molar-refractivity contribution in [2.24, 2.45) is 0 Å². The van der Waals surface area contributed by atoms with Crippen molar-refractivity contribution in [3.63, 3.8) is 0 Å². The highest BCUT2D eigenvalue weighted by atomic mass is 32.1. The van der Waals surface area contributed by atoms with E-state index in [9.17, 15) is 0 Å². The third-order valence-electron chi connectivity index (χ3n) is 9.98. The van der Waals surface area contributed by atoms with Crippen molar-refractivity contribution in [1.82, 2.24) is 0 Å². The van der Waals surface area contributed by atoms with Gasteiger partial charge in [0.1, 0.15) is 11.5 Å². The van der Waals surface area contributed by atoms with Gasteiger partial charge in [0.2, 0.25) is 0 Å². The number of alkyl halides is 6. The predicted molar refractivity (Wildman–Crippen MR) is 208 cm³/mol. The number of halogens is 6. The van der Waals surface area contributed by atoms with E-state index in [1.54, 1.807) is 76.6 Å². The molecule has 2 heterocycles. The van der Waals surface area contributed by atoms with Crippen molar-refractivity contribution in [2.75, 3.05) is 14.2 Å². The zero-order valence-corrected chi connectivity index (χ0v) is 31.3. The molecule has 0 amide bonds. The average Bonchev–Trinajstić information content (AvgIpc) is 3.68. The van der Waals surface area contributed by atoms with E-state index in [1.807, 2.05) is 48.6 Å². The lowest BCUT2D eigenvalue weighted by Gasteiger charge is -2.26. The second-order valence-corrected chi connectivity index (χ2v) is 15.6. The summed E-state index contributed by atoms with van der Waals surface area (Å²) in [5.41, 5.74) is 0.792. The van der Waals surface area contributed by atoms with Gasteiger partial charge in [0.25, 0.3) is 0 Å². The highest BCUT2D eigenvalue weighted by molar-refractivity contribution is 7.19. The molecular formula is C43H34F6O2S2. The molecule has 10 heteroatoms. The molecule has 0 spiro atoms. The maximum Gasteiger partial charge on any atom is 0.380 e. The minimum Gasteiger partial charge on any atom is -0.497 e. The summed E-state index contributed by atoms with van der Waals surface area (Å²) in [6.45, 7) is 6.44. The van der Waals surface area contributed by atoms with Crippen LogP contribution in [0.1, 0.15) is 54.3 Å². The van der Waals surface area contributed by atoms with E-state index in [0.717, 1.165) is 33.8 Å². The summed E-state index contributed by atoms with van der Waals surface area (Å²) in [5.74, 6) is -14.7. The number of methoxy groups -OCH3 is 2. The number of rotatable bonds is 8. The maximum absolute atomic E-state index is 16.4. The van der Waals surface area contributed by atoms with Crippen molar-refractivity contribution in [3.05, 3.63) is 127 Å². The first-order valence-corrected chi connectivity index (χ1v) is 18.3. The van der Waals surface area contributed by atoms with Crippen molar-refractivity contribution in [1.29, 1.82) is 0 Å². The van der Waals surface area contributed by atoms with E-state index in [2.05, 4.69) is 0 Å². The number of hydrogen-bond acceptors (Lipinski definition) is 4. The first-order valence-electron chi connectivity index (χ1n) is 16.7. The summed E-state index contributed by atoms with van der Waals surface area (Å²) in [6.07, 6.45) is 7.24. The smallest absolute Gasteiger partial charge is 0.380 e. The Bertz CT molecular complexity index is 2310. The molecule has 1 aliphatic carbocycles. The summed E-state index contributed by atoms with van der Waals surface area (Å²) in [4.78, 5) is 0.495. The number of hydrogen-bond donors (Lipinski definition) is 0. The number of ether oxygens (including phenoxy) is 2.